The molecule has 16 heavy (non-hydrogen) atoms. The molecule has 0 radical (unpaired) electrons. The maximum absolute atomic E-state index is 11.8. The lowest BCUT2D eigenvalue weighted by Crippen LogP contribution is -2.42. The van der Waals surface area contributed by atoms with Gasteiger partial charge in [0.25, 0.3) is 0 Å². The first-order valence-electron chi connectivity index (χ1n) is 5.76. The van der Waals surface area contributed by atoms with Gasteiger partial charge < -0.3 is 5.73 Å². The van der Waals surface area contributed by atoms with E-state index < -0.39 is 5.54 Å². The number of aryl methyl sites for hydroxylation is 2. The van der Waals surface area contributed by atoms with Crippen molar-refractivity contribution in [3.63, 3.8) is 0 Å². The van der Waals surface area contributed by atoms with Crippen LogP contribution >= 0.6 is 0 Å². The lowest BCUT2D eigenvalue weighted by Gasteiger charge is -2.16. The predicted octanol–water partition coefficient (Wildman–Crippen LogP) is 1.31. The summed E-state index contributed by atoms with van der Waals surface area (Å²) < 4.78 is 1.88. The van der Waals surface area contributed by atoms with Crippen molar-refractivity contribution in [2.24, 2.45) is 5.73 Å². The third-order valence-electron chi connectivity index (χ3n) is 2.64. The number of aromatic nitrogens is 2. The molecule has 0 aliphatic carbocycles. The first kappa shape index (κ1) is 12.9. The molecule has 0 spiro atoms. The fourth-order valence-electron chi connectivity index (χ4n) is 1.50. The van der Waals surface area contributed by atoms with E-state index in [4.69, 9.17) is 5.73 Å². The molecule has 0 bridgehead atoms. The molecule has 0 saturated heterocycles. The Morgan fingerprint density at radius 3 is 2.56 bits per heavy atom. The Morgan fingerprint density at radius 1 is 1.50 bits per heavy atom. The van der Waals surface area contributed by atoms with E-state index in [1.165, 1.54) is 0 Å². The summed E-state index contributed by atoms with van der Waals surface area (Å²) >= 11 is 0. The summed E-state index contributed by atoms with van der Waals surface area (Å²) in [5.74, 6) is 0.0461. The summed E-state index contributed by atoms with van der Waals surface area (Å²) in [6.45, 7) is 8.34. The highest BCUT2D eigenvalue weighted by Gasteiger charge is 2.23. The van der Waals surface area contributed by atoms with Gasteiger partial charge in [-0.3, -0.25) is 9.48 Å². The van der Waals surface area contributed by atoms with E-state index >= 15 is 0 Å². The largest absolute Gasteiger partial charge is 0.319 e. The summed E-state index contributed by atoms with van der Waals surface area (Å²) in [6.07, 6.45) is 1.25. The van der Waals surface area contributed by atoms with Gasteiger partial charge in [-0.05, 0) is 33.3 Å². The normalized spacial score (nSPS) is 11.8. The van der Waals surface area contributed by atoms with Crippen LogP contribution in [0.2, 0.25) is 0 Å². The van der Waals surface area contributed by atoms with Crippen molar-refractivity contribution >= 4 is 5.78 Å². The molecular weight excluding hydrogens is 202 g/mol. The average Bonchev–Trinajstić information content (AvgIpc) is 2.59. The van der Waals surface area contributed by atoms with Crippen LogP contribution in [0.25, 0.3) is 0 Å². The SMILES string of the molecule is CCc1cc(CC(=O)C(C)(C)N)n(CC)n1. The van der Waals surface area contributed by atoms with Gasteiger partial charge >= 0.3 is 0 Å². The average molecular weight is 223 g/mol. The highest BCUT2D eigenvalue weighted by Crippen LogP contribution is 2.10. The van der Waals surface area contributed by atoms with Crippen LogP contribution in [0.4, 0.5) is 0 Å². The first-order valence-corrected chi connectivity index (χ1v) is 5.76. The fraction of sp³-hybridized carbons (Fsp3) is 0.667. The smallest absolute Gasteiger partial charge is 0.157 e. The van der Waals surface area contributed by atoms with Crippen molar-refractivity contribution < 1.29 is 4.79 Å². The van der Waals surface area contributed by atoms with E-state index in [9.17, 15) is 4.79 Å². The third kappa shape index (κ3) is 2.92. The minimum atomic E-state index is -0.769. The van der Waals surface area contributed by atoms with Gasteiger partial charge in [-0.1, -0.05) is 6.92 Å². The monoisotopic (exact) mass is 223 g/mol. The second-order valence-electron chi connectivity index (χ2n) is 4.62. The van der Waals surface area contributed by atoms with Gasteiger partial charge in [0, 0.05) is 12.2 Å². The van der Waals surface area contributed by atoms with E-state index in [-0.39, 0.29) is 5.78 Å². The fourth-order valence-corrected chi connectivity index (χ4v) is 1.50. The molecule has 0 saturated carbocycles. The van der Waals surface area contributed by atoms with Crippen LogP contribution in [0, 0.1) is 0 Å². The summed E-state index contributed by atoms with van der Waals surface area (Å²) in [4.78, 5) is 11.8. The Kier molecular flexibility index (Phi) is 3.86. The van der Waals surface area contributed by atoms with Gasteiger partial charge in [0.05, 0.1) is 17.7 Å². The summed E-state index contributed by atoms with van der Waals surface area (Å²) in [6, 6.07) is 1.99. The number of hydrogen-bond acceptors (Lipinski definition) is 3. The molecule has 0 fully saturated rings. The number of nitrogens with two attached hydrogens (primary N) is 1. The maximum atomic E-state index is 11.8. The third-order valence-corrected chi connectivity index (χ3v) is 2.64. The molecule has 90 valence electrons. The Labute approximate surface area is 96.8 Å². The highest BCUT2D eigenvalue weighted by molar-refractivity contribution is 5.88. The van der Waals surface area contributed by atoms with Gasteiger partial charge in [0.15, 0.2) is 5.78 Å². The molecule has 1 aromatic rings. The Morgan fingerprint density at radius 2 is 2.12 bits per heavy atom. The molecule has 4 heteroatoms. The van der Waals surface area contributed by atoms with E-state index in [0.717, 1.165) is 24.4 Å². The van der Waals surface area contributed by atoms with Gasteiger partial charge in [0.1, 0.15) is 0 Å². The lowest BCUT2D eigenvalue weighted by atomic mass is 9.97. The zero-order chi connectivity index (χ0) is 12.3. The molecule has 1 aromatic heterocycles. The molecule has 0 aliphatic heterocycles. The van der Waals surface area contributed by atoms with Crippen molar-refractivity contribution in [2.45, 2.75) is 52.6 Å². The van der Waals surface area contributed by atoms with Gasteiger partial charge in [-0.25, -0.2) is 0 Å². The van der Waals surface area contributed by atoms with Crippen LogP contribution in [-0.2, 0) is 24.2 Å². The Hall–Kier alpha value is -1.16. The number of carbonyl (C=O) groups is 1. The summed E-state index contributed by atoms with van der Waals surface area (Å²) in [5.41, 5.74) is 7.00. The zero-order valence-corrected chi connectivity index (χ0v) is 10.6. The molecular formula is C12H21N3O. The van der Waals surface area contributed by atoms with Crippen molar-refractivity contribution in [3.05, 3.63) is 17.5 Å². The molecule has 4 nitrogen and oxygen atoms in total. The molecule has 1 heterocycles. The van der Waals surface area contributed by atoms with E-state index in [2.05, 4.69) is 12.0 Å². The van der Waals surface area contributed by atoms with Crippen molar-refractivity contribution in [2.75, 3.05) is 0 Å². The van der Waals surface area contributed by atoms with Crippen LogP contribution < -0.4 is 5.73 Å². The second-order valence-corrected chi connectivity index (χ2v) is 4.62. The zero-order valence-electron chi connectivity index (χ0n) is 10.6. The topological polar surface area (TPSA) is 60.9 Å². The molecule has 0 unspecified atom stereocenters. The van der Waals surface area contributed by atoms with Crippen LogP contribution in [0.15, 0.2) is 6.07 Å². The van der Waals surface area contributed by atoms with Crippen LogP contribution in [-0.4, -0.2) is 21.1 Å². The number of ketones is 1. The van der Waals surface area contributed by atoms with Gasteiger partial charge in [-0.2, -0.15) is 5.10 Å². The van der Waals surface area contributed by atoms with Crippen LogP contribution in [0.5, 0.6) is 0 Å². The highest BCUT2D eigenvalue weighted by atomic mass is 16.1. The van der Waals surface area contributed by atoms with E-state index in [1.54, 1.807) is 13.8 Å². The van der Waals surface area contributed by atoms with Crippen LogP contribution in [0.3, 0.4) is 0 Å². The van der Waals surface area contributed by atoms with Crippen molar-refractivity contribution in [1.82, 2.24) is 9.78 Å². The molecule has 2 N–H and O–H groups in total. The van der Waals surface area contributed by atoms with E-state index in [1.807, 2.05) is 17.7 Å². The lowest BCUT2D eigenvalue weighted by molar-refractivity contribution is -0.122. The number of Topliss-reactive ketones (excluding diaryl/α,β-unsaturated/α-hetero) is 1. The van der Waals surface area contributed by atoms with Crippen molar-refractivity contribution in [3.8, 4) is 0 Å². The second kappa shape index (κ2) is 4.78. The molecule has 1 rings (SSSR count). The quantitative estimate of drug-likeness (QED) is 0.818. The maximum Gasteiger partial charge on any atom is 0.157 e. The van der Waals surface area contributed by atoms with E-state index in [0.29, 0.717) is 6.42 Å². The number of carbonyl (C=O) groups excluding carboxylic acids is 1. The molecule has 0 amide bonds. The van der Waals surface area contributed by atoms with Gasteiger partial charge in [0.2, 0.25) is 0 Å². The number of rotatable bonds is 5. The molecule has 0 aliphatic rings. The Bertz CT molecular complexity index is 374. The predicted molar refractivity (Wildman–Crippen MR) is 64.3 cm³/mol. The molecule has 0 aromatic carbocycles. The number of nitrogens with zero attached hydrogens (tertiary/aromatic N) is 2. The van der Waals surface area contributed by atoms with Crippen molar-refractivity contribution in [1.29, 1.82) is 0 Å². The minimum absolute atomic E-state index is 0.0461. The first-order chi connectivity index (χ1) is 7.38. The van der Waals surface area contributed by atoms with Crippen LogP contribution in [0.1, 0.15) is 39.1 Å². The minimum Gasteiger partial charge on any atom is -0.319 e. The summed E-state index contributed by atoms with van der Waals surface area (Å²) in [5, 5.41) is 4.41. The number of hydrogen-bond donors (Lipinski definition) is 1. The standard InChI is InChI=1S/C12H21N3O/c1-5-9-7-10(15(6-2)14-9)8-11(16)12(3,4)13/h7H,5-6,8,13H2,1-4H3. The molecule has 0 atom stereocenters. The van der Waals surface area contributed by atoms with Gasteiger partial charge in [-0.15, -0.1) is 0 Å². The summed E-state index contributed by atoms with van der Waals surface area (Å²) in [7, 11) is 0. The Balaban J connectivity index is 2.88.